The van der Waals surface area contributed by atoms with Crippen LogP contribution < -0.4 is 5.73 Å². The van der Waals surface area contributed by atoms with Gasteiger partial charge in [0, 0.05) is 11.5 Å². The van der Waals surface area contributed by atoms with Crippen molar-refractivity contribution in [2.75, 3.05) is 0 Å². The molecule has 0 radical (unpaired) electrons. The van der Waals surface area contributed by atoms with Crippen LogP contribution in [0, 0.1) is 11.8 Å². The van der Waals surface area contributed by atoms with Gasteiger partial charge >= 0.3 is 0 Å². The van der Waals surface area contributed by atoms with Crippen LogP contribution in [0.2, 0.25) is 0 Å². The third-order valence-corrected chi connectivity index (χ3v) is 5.72. The van der Waals surface area contributed by atoms with Crippen molar-refractivity contribution in [2.24, 2.45) is 17.6 Å². The number of hydrogen-bond donors (Lipinski definition) is 1. The maximum Gasteiger partial charge on any atom is 0.0165 e. The molecule has 1 nitrogen and oxygen atoms in total. The standard InChI is InChI=1S/C18H27N/c1-14-7-5-8-15(13-14)17(19)18(11-6-12-18)16-9-3-2-4-10-16/h2-4,9-10,14-15,17H,5-8,11-13,19H2,1H3. The molecule has 0 aromatic heterocycles. The Morgan fingerprint density at radius 1 is 1.11 bits per heavy atom. The van der Waals surface area contributed by atoms with Gasteiger partial charge in [-0.25, -0.2) is 0 Å². The van der Waals surface area contributed by atoms with Gasteiger partial charge < -0.3 is 5.73 Å². The number of benzene rings is 1. The minimum atomic E-state index is 0.295. The zero-order valence-electron chi connectivity index (χ0n) is 12.1. The minimum absolute atomic E-state index is 0.295. The summed E-state index contributed by atoms with van der Waals surface area (Å²) in [5, 5.41) is 0. The lowest BCUT2D eigenvalue weighted by molar-refractivity contribution is 0.118. The van der Waals surface area contributed by atoms with Crippen LogP contribution in [0.5, 0.6) is 0 Å². The normalized spacial score (nSPS) is 31.5. The first-order valence-corrected chi connectivity index (χ1v) is 8.03. The van der Waals surface area contributed by atoms with E-state index >= 15 is 0 Å². The summed E-state index contributed by atoms with van der Waals surface area (Å²) in [5.74, 6) is 1.61. The molecular weight excluding hydrogens is 230 g/mol. The van der Waals surface area contributed by atoms with E-state index in [1.807, 2.05) is 0 Å². The van der Waals surface area contributed by atoms with E-state index in [1.165, 1.54) is 50.5 Å². The van der Waals surface area contributed by atoms with Crippen molar-refractivity contribution >= 4 is 0 Å². The van der Waals surface area contributed by atoms with Gasteiger partial charge in [0.1, 0.15) is 0 Å². The predicted octanol–water partition coefficient (Wildman–Crippen LogP) is 4.26. The van der Waals surface area contributed by atoms with E-state index in [0.29, 0.717) is 11.5 Å². The lowest BCUT2D eigenvalue weighted by Crippen LogP contribution is -2.54. The Kier molecular flexibility index (Phi) is 3.66. The van der Waals surface area contributed by atoms with E-state index in [9.17, 15) is 0 Å². The molecule has 0 saturated heterocycles. The SMILES string of the molecule is CC1CCCC(C(N)C2(c3ccccc3)CCC2)C1. The summed E-state index contributed by atoms with van der Waals surface area (Å²) >= 11 is 0. The Hall–Kier alpha value is -0.820. The van der Waals surface area contributed by atoms with Gasteiger partial charge in [-0.3, -0.25) is 0 Å². The van der Waals surface area contributed by atoms with E-state index in [0.717, 1.165) is 11.8 Å². The second kappa shape index (κ2) is 5.28. The van der Waals surface area contributed by atoms with Crippen molar-refractivity contribution in [2.45, 2.75) is 63.3 Å². The molecule has 0 bridgehead atoms. The molecular formula is C18H27N. The van der Waals surface area contributed by atoms with E-state index in [-0.39, 0.29) is 0 Å². The van der Waals surface area contributed by atoms with Crippen LogP contribution in [0.25, 0.3) is 0 Å². The van der Waals surface area contributed by atoms with E-state index in [1.54, 1.807) is 0 Å². The van der Waals surface area contributed by atoms with Gasteiger partial charge in [-0.05, 0) is 43.1 Å². The summed E-state index contributed by atoms with van der Waals surface area (Å²) in [6, 6.07) is 11.4. The van der Waals surface area contributed by atoms with E-state index in [2.05, 4.69) is 37.3 Å². The van der Waals surface area contributed by atoms with Crippen LogP contribution in [0.15, 0.2) is 30.3 Å². The molecule has 3 atom stereocenters. The van der Waals surface area contributed by atoms with Crippen molar-refractivity contribution < 1.29 is 0 Å². The first-order chi connectivity index (χ1) is 9.22. The first-order valence-electron chi connectivity index (χ1n) is 8.03. The lowest BCUT2D eigenvalue weighted by atomic mass is 9.56. The van der Waals surface area contributed by atoms with Crippen LogP contribution in [-0.2, 0) is 5.41 Å². The van der Waals surface area contributed by atoms with Gasteiger partial charge in [-0.15, -0.1) is 0 Å². The fourth-order valence-corrected chi connectivity index (χ4v) is 4.40. The van der Waals surface area contributed by atoms with Gasteiger partial charge in [-0.1, -0.05) is 56.5 Å². The Morgan fingerprint density at radius 3 is 2.42 bits per heavy atom. The third-order valence-electron chi connectivity index (χ3n) is 5.72. The van der Waals surface area contributed by atoms with Gasteiger partial charge in [0.2, 0.25) is 0 Å². The zero-order chi connectivity index (χ0) is 13.3. The first kappa shape index (κ1) is 13.2. The minimum Gasteiger partial charge on any atom is -0.327 e. The van der Waals surface area contributed by atoms with Gasteiger partial charge in [-0.2, -0.15) is 0 Å². The van der Waals surface area contributed by atoms with E-state index in [4.69, 9.17) is 5.73 Å². The van der Waals surface area contributed by atoms with Crippen molar-refractivity contribution in [1.29, 1.82) is 0 Å². The number of hydrogen-bond acceptors (Lipinski definition) is 1. The Morgan fingerprint density at radius 2 is 1.84 bits per heavy atom. The Labute approximate surface area is 117 Å². The summed E-state index contributed by atoms with van der Waals surface area (Å²) in [4.78, 5) is 0. The molecule has 3 unspecified atom stereocenters. The summed E-state index contributed by atoms with van der Waals surface area (Å²) in [6.07, 6.45) is 9.42. The molecule has 2 aliphatic rings. The highest BCUT2D eigenvalue weighted by Crippen LogP contribution is 2.49. The molecule has 1 aromatic carbocycles. The second-order valence-electron chi connectivity index (χ2n) is 6.93. The molecule has 0 amide bonds. The molecule has 2 saturated carbocycles. The molecule has 1 aromatic rings. The number of nitrogens with two attached hydrogens (primary N) is 1. The molecule has 2 N–H and O–H groups in total. The summed E-state index contributed by atoms with van der Waals surface area (Å²) in [6.45, 7) is 2.40. The fourth-order valence-electron chi connectivity index (χ4n) is 4.40. The smallest absolute Gasteiger partial charge is 0.0165 e. The maximum absolute atomic E-state index is 6.78. The van der Waals surface area contributed by atoms with Gasteiger partial charge in [0.15, 0.2) is 0 Å². The Bertz CT molecular complexity index is 407. The van der Waals surface area contributed by atoms with Crippen LogP contribution >= 0.6 is 0 Å². The molecule has 2 fully saturated rings. The van der Waals surface area contributed by atoms with Gasteiger partial charge in [0.25, 0.3) is 0 Å². The van der Waals surface area contributed by atoms with Crippen molar-refractivity contribution in [3.8, 4) is 0 Å². The second-order valence-corrected chi connectivity index (χ2v) is 6.93. The number of rotatable bonds is 3. The molecule has 19 heavy (non-hydrogen) atoms. The van der Waals surface area contributed by atoms with Crippen LogP contribution in [-0.4, -0.2) is 6.04 Å². The lowest BCUT2D eigenvalue weighted by Gasteiger charge is -2.50. The van der Waals surface area contributed by atoms with Crippen molar-refractivity contribution in [1.82, 2.24) is 0 Å². The monoisotopic (exact) mass is 257 g/mol. The molecule has 0 spiro atoms. The molecule has 104 valence electrons. The van der Waals surface area contributed by atoms with Crippen molar-refractivity contribution in [3.63, 3.8) is 0 Å². The summed E-state index contributed by atoms with van der Waals surface area (Å²) in [5.41, 5.74) is 8.57. The van der Waals surface area contributed by atoms with Crippen molar-refractivity contribution in [3.05, 3.63) is 35.9 Å². The average Bonchev–Trinajstić information content (AvgIpc) is 2.38. The average molecular weight is 257 g/mol. The largest absolute Gasteiger partial charge is 0.327 e. The highest BCUT2D eigenvalue weighted by molar-refractivity contribution is 5.30. The highest BCUT2D eigenvalue weighted by Gasteiger charge is 2.46. The molecule has 2 aliphatic carbocycles. The predicted molar refractivity (Wildman–Crippen MR) is 81.1 cm³/mol. The van der Waals surface area contributed by atoms with E-state index < -0.39 is 0 Å². The quantitative estimate of drug-likeness (QED) is 0.860. The molecule has 0 heterocycles. The molecule has 3 rings (SSSR count). The van der Waals surface area contributed by atoms with Crippen LogP contribution in [0.4, 0.5) is 0 Å². The zero-order valence-corrected chi connectivity index (χ0v) is 12.1. The summed E-state index contributed by atoms with van der Waals surface area (Å²) in [7, 11) is 0. The fraction of sp³-hybridized carbons (Fsp3) is 0.667. The van der Waals surface area contributed by atoms with Gasteiger partial charge in [0.05, 0.1) is 0 Å². The molecule has 0 aliphatic heterocycles. The molecule has 1 heteroatoms. The topological polar surface area (TPSA) is 26.0 Å². The third kappa shape index (κ3) is 2.33. The highest BCUT2D eigenvalue weighted by atomic mass is 14.7. The summed E-state index contributed by atoms with van der Waals surface area (Å²) < 4.78 is 0. The van der Waals surface area contributed by atoms with Crippen LogP contribution in [0.3, 0.4) is 0 Å². The maximum atomic E-state index is 6.78. The Balaban J connectivity index is 1.82. The van der Waals surface area contributed by atoms with Crippen LogP contribution in [0.1, 0.15) is 57.4 Å².